The number of hydrogen-bond donors (Lipinski definition) is 0. The van der Waals surface area contributed by atoms with E-state index in [9.17, 15) is 4.39 Å². The molecule has 3 heteroatoms. The van der Waals surface area contributed by atoms with Crippen molar-refractivity contribution in [3.8, 4) is 22.6 Å². The second kappa shape index (κ2) is 5.17. The smallest absolute Gasteiger partial charge is 0.203 e. The monoisotopic (exact) mass is 282 g/mol. The Balaban J connectivity index is 2.24. The SMILES string of the molecule is Cc1cc(-c2ccc(F)cc2)oc2cc(=[N+](C)C)ccc1-2. The molecule has 0 amide bonds. The van der Waals surface area contributed by atoms with E-state index in [0.717, 1.165) is 33.6 Å². The van der Waals surface area contributed by atoms with Crippen molar-refractivity contribution in [2.24, 2.45) is 0 Å². The van der Waals surface area contributed by atoms with E-state index < -0.39 is 0 Å². The highest BCUT2D eigenvalue weighted by atomic mass is 19.1. The summed E-state index contributed by atoms with van der Waals surface area (Å²) < 4.78 is 21.1. The van der Waals surface area contributed by atoms with Crippen molar-refractivity contribution < 1.29 is 8.81 Å². The first-order valence-corrected chi connectivity index (χ1v) is 6.85. The summed E-state index contributed by atoms with van der Waals surface area (Å²) in [5.74, 6) is 1.34. The Labute approximate surface area is 123 Å². The van der Waals surface area contributed by atoms with Crippen LogP contribution in [0.4, 0.5) is 4.39 Å². The first-order chi connectivity index (χ1) is 10.0. The number of nitrogens with zero attached hydrogens (tertiary/aromatic N) is 1. The van der Waals surface area contributed by atoms with Crippen LogP contribution in [0.25, 0.3) is 22.6 Å². The molecule has 0 spiro atoms. The molecule has 0 unspecified atom stereocenters. The fourth-order valence-electron chi connectivity index (χ4n) is 2.38. The Kier molecular flexibility index (Phi) is 3.34. The van der Waals surface area contributed by atoms with Crippen molar-refractivity contribution >= 4 is 0 Å². The molecule has 21 heavy (non-hydrogen) atoms. The van der Waals surface area contributed by atoms with Crippen LogP contribution in [0.5, 0.6) is 0 Å². The van der Waals surface area contributed by atoms with Gasteiger partial charge in [-0.2, -0.15) is 0 Å². The Bertz CT molecular complexity index is 827. The molecule has 2 nitrogen and oxygen atoms in total. The quantitative estimate of drug-likeness (QED) is 0.624. The predicted molar refractivity (Wildman–Crippen MR) is 82.6 cm³/mol. The van der Waals surface area contributed by atoms with Crippen molar-refractivity contribution in [3.63, 3.8) is 0 Å². The van der Waals surface area contributed by atoms with E-state index in [4.69, 9.17) is 4.42 Å². The first-order valence-electron chi connectivity index (χ1n) is 6.85. The van der Waals surface area contributed by atoms with Gasteiger partial charge in [0.05, 0.1) is 6.07 Å². The van der Waals surface area contributed by atoms with Gasteiger partial charge in [-0.3, -0.25) is 0 Å². The fourth-order valence-corrected chi connectivity index (χ4v) is 2.38. The van der Waals surface area contributed by atoms with Crippen LogP contribution in [0, 0.1) is 12.7 Å². The summed E-state index contributed by atoms with van der Waals surface area (Å²) in [5.41, 5.74) is 3.10. The van der Waals surface area contributed by atoms with E-state index in [-0.39, 0.29) is 5.82 Å². The van der Waals surface area contributed by atoms with Crippen LogP contribution in [-0.4, -0.2) is 14.1 Å². The molecule has 0 saturated carbocycles. The minimum Gasteiger partial charge on any atom is -0.456 e. The lowest BCUT2D eigenvalue weighted by molar-refractivity contribution is 0.577. The maximum atomic E-state index is 13.0. The van der Waals surface area contributed by atoms with E-state index in [1.165, 1.54) is 12.1 Å². The highest BCUT2D eigenvalue weighted by Gasteiger charge is 2.12. The molecular formula is C18H17FNO+. The van der Waals surface area contributed by atoms with Gasteiger partial charge in [0.15, 0.2) is 0 Å². The number of benzene rings is 2. The lowest BCUT2D eigenvalue weighted by Crippen LogP contribution is -2.21. The van der Waals surface area contributed by atoms with Gasteiger partial charge in [0, 0.05) is 17.2 Å². The van der Waals surface area contributed by atoms with E-state index in [1.807, 2.05) is 30.8 Å². The van der Waals surface area contributed by atoms with Gasteiger partial charge in [-0.1, -0.05) is 0 Å². The van der Waals surface area contributed by atoms with Crippen LogP contribution in [0.2, 0.25) is 0 Å². The molecule has 1 heterocycles. The Morgan fingerprint density at radius 2 is 1.62 bits per heavy atom. The predicted octanol–water partition coefficient (Wildman–Crippen LogP) is 3.53. The van der Waals surface area contributed by atoms with Crippen LogP contribution in [-0.2, 0) is 0 Å². The number of fused-ring (bicyclic) bond motifs is 1. The summed E-state index contributed by atoms with van der Waals surface area (Å²) in [7, 11) is 4.00. The van der Waals surface area contributed by atoms with E-state index in [1.54, 1.807) is 12.1 Å². The van der Waals surface area contributed by atoms with Crippen molar-refractivity contribution in [1.29, 1.82) is 0 Å². The van der Waals surface area contributed by atoms with Gasteiger partial charge in [-0.15, -0.1) is 0 Å². The van der Waals surface area contributed by atoms with Crippen LogP contribution >= 0.6 is 0 Å². The van der Waals surface area contributed by atoms with Crippen LogP contribution < -0.4 is 9.93 Å². The van der Waals surface area contributed by atoms with Gasteiger partial charge in [0.1, 0.15) is 31.4 Å². The van der Waals surface area contributed by atoms with Crippen LogP contribution in [0.1, 0.15) is 5.56 Å². The minimum atomic E-state index is -0.244. The average molecular weight is 282 g/mol. The topological polar surface area (TPSA) is 16.1 Å². The van der Waals surface area contributed by atoms with Crippen LogP contribution in [0.3, 0.4) is 0 Å². The van der Waals surface area contributed by atoms with Crippen LogP contribution in [0.15, 0.2) is 52.9 Å². The zero-order valence-electron chi connectivity index (χ0n) is 12.4. The molecule has 0 atom stereocenters. The van der Waals surface area contributed by atoms with Crippen molar-refractivity contribution in [1.82, 2.24) is 4.58 Å². The summed E-state index contributed by atoms with van der Waals surface area (Å²) >= 11 is 0. The highest BCUT2D eigenvalue weighted by molar-refractivity contribution is 5.68. The largest absolute Gasteiger partial charge is 0.456 e. The van der Waals surface area contributed by atoms with Gasteiger partial charge in [-0.05, 0) is 48.9 Å². The zero-order chi connectivity index (χ0) is 15.0. The summed E-state index contributed by atoms with van der Waals surface area (Å²) in [6.07, 6.45) is 0. The normalized spacial score (nSPS) is 10.9. The van der Waals surface area contributed by atoms with Gasteiger partial charge in [0.2, 0.25) is 5.36 Å². The maximum Gasteiger partial charge on any atom is 0.203 e. The molecule has 0 N–H and O–H groups in total. The van der Waals surface area contributed by atoms with Crippen molar-refractivity contribution in [2.75, 3.05) is 14.1 Å². The van der Waals surface area contributed by atoms with E-state index in [2.05, 4.69) is 19.1 Å². The van der Waals surface area contributed by atoms with E-state index in [0.29, 0.717) is 0 Å². The molecule has 2 aliphatic rings. The summed E-state index contributed by atoms with van der Waals surface area (Å²) in [4.78, 5) is 0. The molecule has 0 bridgehead atoms. The third kappa shape index (κ3) is 2.59. The Morgan fingerprint density at radius 1 is 0.905 bits per heavy atom. The number of hydrogen-bond acceptors (Lipinski definition) is 1. The highest BCUT2D eigenvalue weighted by Crippen LogP contribution is 2.30. The number of halogens is 1. The summed E-state index contributed by atoms with van der Waals surface area (Å²) in [6.45, 7) is 2.06. The molecule has 0 aromatic heterocycles. The first kappa shape index (κ1) is 13.6. The lowest BCUT2D eigenvalue weighted by atomic mass is 10.0. The average Bonchev–Trinajstić information content (AvgIpc) is 2.47. The molecule has 3 rings (SSSR count). The fraction of sp³-hybridized carbons (Fsp3) is 0.167. The third-order valence-electron chi connectivity index (χ3n) is 3.60. The van der Waals surface area contributed by atoms with Gasteiger partial charge in [-0.25, -0.2) is 8.97 Å². The Morgan fingerprint density at radius 3 is 2.29 bits per heavy atom. The molecule has 0 saturated heterocycles. The number of aryl methyl sites for hydroxylation is 1. The molecule has 1 aliphatic carbocycles. The molecule has 106 valence electrons. The van der Waals surface area contributed by atoms with Gasteiger partial charge >= 0.3 is 0 Å². The number of rotatable bonds is 1. The zero-order valence-corrected chi connectivity index (χ0v) is 12.4. The molecule has 0 radical (unpaired) electrons. The standard InChI is InChI=1S/C18H17FNO/c1-12-10-17(13-4-6-14(19)7-5-13)21-18-11-15(20(2)3)8-9-16(12)18/h4-11H,1-3H3/q+1. The second-order valence-corrected chi connectivity index (χ2v) is 5.38. The van der Waals surface area contributed by atoms with Gasteiger partial charge in [0.25, 0.3) is 0 Å². The second-order valence-electron chi connectivity index (χ2n) is 5.38. The molecule has 0 fully saturated rings. The lowest BCUT2D eigenvalue weighted by Gasteiger charge is -2.11. The molecule has 1 aromatic rings. The van der Waals surface area contributed by atoms with Gasteiger partial charge < -0.3 is 4.42 Å². The third-order valence-corrected chi connectivity index (χ3v) is 3.60. The summed E-state index contributed by atoms with van der Waals surface area (Å²) in [5, 5.41) is 1.09. The summed E-state index contributed by atoms with van der Waals surface area (Å²) in [6, 6.07) is 14.5. The maximum absolute atomic E-state index is 13.0. The minimum absolute atomic E-state index is 0.244. The van der Waals surface area contributed by atoms with Crippen molar-refractivity contribution in [2.45, 2.75) is 6.92 Å². The molecular weight excluding hydrogens is 265 g/mol. The molecule has 1 aromatic carbocycles. The Hall–Kier alpha value is -2.42. The van der Waals surface area contributed by atoms with E-state index >= 15 is 0 Å². The molecule has 1 aliphatic heterocycles. The van der Waals surface area contributed by atoms with Crippen molar-refractivity contribution in [3.05, 3.63) is 65.3 Å².